The summed E-state index contributed by atoms with van der Waals surface area (Å²) in [6.45, 7) is 0.133. The van der Waals surface area contributed by atoms with Crippen LogP contribution >= 0.6 is 7.60 Å². The fourth-order valence-corrected chi connectivity index (χ4v) is 2.52. The van der Waals surface area contributed by atoms with Gasteiger partial charge in [-0.15, -0.1) is 0 Å². The molecule has 0 saturated carbocycles. The molecule has 19 heavy (non-hydrogen) atoms. The number of aromatic amines is 1. The maximum absolute atomic E-state index is 11.5. The van der Waals surface area contributed by atoms with Crippen LogP contribution in [0.3, 0.4) is 0 Å². The number of anilines is 3. The molecule has 0 aromatic carbocycles. The van der Waals surface area contributed by atoms with Crippen molar-refractivity contribution in [3.8, 4) is 0 Å². The van der Waals surface area contributed by atoms with Gasteiger partial charge in [0.15, 0.2) is 5.82 Å². The smallest absolute Gasteiger partial charge is 0.328 e. The Hall–Kier alpha value is -1.61. The molecule has 0 amide bonds. The number of β-amino-alcohol motifs (C(OH)–C–C–N with tert-alkyl or cyclic N) is 1. The third-order valence-corrected chi connectivity index (χ3v) is 3.44. The van der Waals surface area contributed by atoms with Gasteiger partial charge in [0.05, 0.1) is 18.9 Å². The molecule has 2 heterocycles. The van der Waals surface area contributed by atoms with Crippen molar-refractivity contribution in [1.29, 1.82) is 0 Å². The number of nitrogens with one attached hydrogen (secondary N) is 2. The Balaban J connectivity index is 2.15. The Kier molecular flexibility index (Phi) is 3.50. The summed E-state index contributed by atoms with van der Waals surface area (Å²) in [5, 5.41) is 12.4. The highest BCUT2D eigenvalue weighted by Crippen LogP contribution is 2.35. The molecule has 0 radical (unpaired) electrons. The van der Waals surface area contributed by atoms with Crippen molar-refractivity contribution >= 4 is 25.0 Å². The summed E-state index contributed by atoms with van der Waals surface area (Å²) in [6, 6.07) is 0. The van der Waals surface area contributed by atoms with Crippen molar-refractivity contribution in [2.45, 2.75) is 6.10 Å². The van der Waals surface area contributed by atoms with Crippen LogP contribution in [0, 0.1) is 0 Å². The highest BCUT2D eigenvalue weighted by molar-refractivity contribution is 7.51. The number of nitrogen functional groups attached to an aromatic ring is 1. The van der Waals surface area contributed by atoms with E-state index in [-0.39, 0.29) is 30.7 Å². The van der Waals surface area contributed by atoms with Gasteiger partial charge in [0.1, 0.15) is 5.69 Å². The van der Waals surface area contributed by atoms with E-state index in [4.69, 9.17) is 15.5 Å². The Morgan fingerprint density at radius 1 is 1.53 bits per heavy atom. The third kappa shape index (κ3) is 3.24. The normalized spacial score (nSPS) is 16.1. The molecule has 2 rings (SSSR count). The molecule has 0 bridgehead atoms. The predicted octanol–water partition coefficient (Wildman–Crippen LogP) is -1.92. The van der Waals surface area contributed by atoms with E-state index in [9.17, 15) is 14.5 Å². The first-order valence-corrected chi connectivity index (χ1v) is 7.17. The molecule has 1 aliphatic rings. The zero-order chi connectivity index (χ0) is 14.2. The number of fused-ring (bicyclic) bond motifs is 1. The summed E-state index contributed by atoms with van der Waals surface area (Å²) in [5.41, 5.74) is 5.20. The summed E-state index contributed by atoms with van der Waals surface area (Å²) in [6.07, 6.45) is -1.90. The monoisotopic (exact) mass is 291 g/mol. The molecule has 1 aliphatic heterocycles. The van der Waals surface area contributed by atoms with E-state index in [1.54, 1.807) is 0 Å². The Labute approximate surface area is 107 Å². The largest absolute Gasteiger partial charge is 0.391 e. The molecule has 11 heteroatoms. The van der Waals surface area contributed by atoms with Crippen LogP contribution in [0.1, 0.15) is 0 Å². The fourth-order valence-electron chi connectivity index (χ4n) is 1.85. The molecule has 106 valence electrons. The number of hydrogen-bond donors (Lipinski definition) is 6. The van der Waals surface area contributed by atoms with Crippen molar-refractivity contribution in [3.63, 3.8) is 0 Å². The van der Waals surface area contributed by atoms with E-state index in [0.29, 0.717) is 0 Å². The molecule has 0 aliphatic carbocycles. The van der Waals surface area contributed by atoms with Gasteiger partial charge in [0.2, 0.25) is 5.95 Å². The minimum absolute atomic E-state index is 0.0677. The van der Waals surface area contributed by atoms with Gasteiger partial charge in [0, 0.05) is 6.54 Å². The van der Waals surface area contributed by atoms with Crippen LogP contribution in [0.5, 0.6) is 0 Å². The molecule has 10 nitrogen and oxygen atoms in total. The average molecular weight is 291 g/mol. The van der Waals surface area contributed by atoms with E-state index in [0.717, 1.165) is 0 Å². The second kappa shape index (κ2) is 4.82. The van der Waals surface area contributed by atoms with Gasteiger partial charge in [-0.1, -0.05) is 0 Å². The number of hydrogen-bond acceptors (Lipinski definition) is 7. The molecular weight excluding hydrogens is 277 g/mol. The SMILES string of the molecule is Nc1nc2c(c(=O)[nH]1)NCN2C[C@H](O)CP(=O)(O)O. The Morgan fingerprint density at radius 2 is 2.21 bits per heavy atom. The molecule has 1 aromatic heterocycles. The van der Waals surface area contributed by atoms with E-state index in [1.165, 1.54) is 4.90 Å². The van der Waals surface area contributed by atoms with E-state index < -0.39 is 25.4 Å². The first-order chi connectivity index (χ1) is 8.76. The molecule has 1 aromatic rings. The summed E-state index contributed by atoms with van der Waals surface area (Å²) >= 11 is 0. The number of nitrogens with two attached hydrogens (primary N) is 1. The third-order valence-electron chi connectivity index (χ3n) is 2.54. The highest BCUT2D eigenvalue weighted by atomic mass is 31.2. The number of rotatable bonds is 4. The van der Waals surface area contributed by atoms with Crippen LogP contribution in [0.15, 0.2) is 4.79 Å². The minimum atomic E-state index is -4.29. The van der Waals surface area contributed by atoms with Gasteiger partial charge < -0.3 is 30.8 Å². The van der Waals surface area contributed by atoms with Crippen molar-refractivity contribution in [2.75, 3.05) is 35.3 Å². The number of aliphatic hydroxyl groups excluding tert-OH is 1. The van der Waals surface area contributed by atoms with Gasteiger partial charge in [-0.05, 0) is 0 Å². The van der Waals surface area contributed by atoms with Crippen molar-refractivity contribution in [2.24, 2.45) is 0 Å². The molecule has 0 spiro atoms. The predicted molar refractivity (Wildman–Crippen MR) is 68.0 cm³/mol. The van der Waals surface area contributed by atoms with Crippen molar-refractivity contribution in [3.05, 3.63) is 10.4 Å². The zero-order valence-corrected chi connectivity index (χ0v) is 10.7. The number of aliphatic hydroxyl groups is 1. The first-order valence-electron chi connectivity index (χ1n) is 5.37. The molecule has 1 atom stereocenters. The van der Waals surface area contributed by atoms with Crippen molar-refractivity contribution in [1.82, 2.24) is 9.97 Å². The lowest BCUT2D eigenvalue weighted by atomic mass is 10.3. The van der Waals surface area contributed by atoms with Crippen LogP contribution in [-0.2, 0) is 4.57 Å². The van der Waals surface area contributed by atoms with Gasteiger partial charge in [-0.2, -0.15) is 4.98 Å². The van der Waals surface area contributed by atoms with Crippen LogP contribution in [0.4, 0.5) is 17.5 Å². The topological polar surface area (TPSA) is 165 Å². The van der Waals surface area contributed by atoms with Crippen LogP contribution in [0.25, 0.3) is 0 Å². The lowest BCUT2D eigenvalue weighted by Gasteiger charge is -2.21. The molecule has 0 fully saturated rings. The van der Waals surface area contributed by atoms with E-state index in [1.807, 2.05) is 0 Å². The van der Waals surface area contributed by atoms with Crippen LogP contribution in [0.2, 0.25) is 0 Å². The summed E-state index contributed by atoms with van der Waals surface area (Å²) in [4.78, 5) is 36.8. The summed E-state index contributed by atoms with van der Waals surface area (Å²) < 4.78 is 10.8. The summed E-state index contributed by atoms with van der Waals surface area (Å²) in [7, 11) is -4.29. The summed E-state index contributed by atoms with van der Waals surface area (Å²) in [5.74, 6) is 0.188. The van der Waals surface area contributed by atoms with Gasteiger partial charge in [-0.3, -0.25) is 14.3 Å². The molecule has 0 saturated heterocycles. The van der Waals surface area contributed by atoms with Gasteiger partial charge in [0.25, 0.3) is 5.56 Å². The lowest BCUT2D eigenvalue weighted by molar-refractivity contribution is 0.194. The number of aromatic nitrogens is 2. The van der Waals surface area contributed by atoms with Crippen LogP contribution < -0.4 is 21.5 Å². The number of nitrogens with zero attached hydrogens (tertiary/aromatic N) is 2. The van der Waals surface area contributed by atoms with Crippen molar-refractivity contribution < 1.29 is 19.5 Å². The van der Waals surface area contributed by atoms with Gasteiger partial charge in [-0.25, -0.2) is 0 Å². The second-order valence-corrected chi connectivity index (χ2v) is 5.90. The highest BCUT2D eigenvalue weighted by Gasteiger charge is 2.28. The molecule has 7 N–H and O–H groups in total. The number of H-pyrrole nitrogens is 1. The standard InChI is InChI=1S/C8H14N5O5P/c9-8-11-6-5(7(15)12-8)10-3-13(6)1-4(14)2-19(16,17)18/h4,10,14H,1-3H2,(H2,16,17,18)(H3,9,11,12,15)/t4-/m0/s1. The maximum Gasteiger partial charge on any atom is 0.328 e. The first kappa shape index (κ1) is 13.8. The minimum Gasteiger partial charge on any atom is -0.391 e. The van der Waals surface area contributed by atoms with Gasteiger partial charge >= 0.3 is 7.60 Å². The quantitative estimate of drug-likeness (QED) is 0.347. The zero-order valence-electron chi connectivity index (χ0n) is 9.78. The molecule has 0 unspecified atom stereocenters. The fraction of sp³-hybridized carbons (Fsp3) is 0.500. The average Bonchev–Trinajstić information content (AvgIpc) is 2.58. The van der Waals surface area contributed by atoms with E-state index >= 15 is 0 Å². The second-order valence-electron chi connectivity index (χ2n) is 4.21. The lowest BCUT2D eigenvalue weighted by Crippen LogP contribution is -2.34. The van der Waals surface area contributed by atoms with Crippen LogP contribution in [-0.4, -0.2) is 50.3 Å². The maximum atomic E-state index is 11.5. The Morgan fingerprint density at radius 3 is 2.84 bits per heavy atom. The Bertz CT molecular complexity index is 583. The molecular formula is C8H14N5O5P. The van der Waals surface area contributed by atoms with E-state index in [2.05, 4.69) is 15.3 Å².